The monoisotopic (exact) mass is 522 g/mol. The van der Waals surface area contributed by atoms with Crippen LogP contribution in [0.4, 0.5) is 0 Å². The molecule has 2 saturated heterocycles. The van der Waals surface area contributed by atoms with Crippen LogP contribution in [0.25, 0.3) is 0 Å². The summed E-state index contributed by atoms with van der Waals surface area (Å²) < 4.78 is 0. The molecule has 0 spiro atoms. The lowest BCUT2D eigenvalue weighted by Crippen LogP contribution is -2.55. The number of carbonyl (C=O) groups excluding carboxylic acids is 2. The van der Waals surface area contributed by atoms with E-state index < -0.39 is 0 Å². The van der Waals surface area contributed by atoms with Gasteiger partial charge in [0.1, 0.15) is 0 Å². The molecule has 0 radical (unpaired) electrons. The van der Waals surface area contributed by atoms with Gasteiger partial charge in [0, 0.05) is 42.5 Å². The highest BCUT2D eigenvalue weighted by Gasteiger charge is 2.42. The summed E-state index contributed by atoms with van der Waals surface area (Å²) in [7, 11) is 2.27. The third kappa shape index (κ3) is 6.96. The van der Waals surface area contributed by atoms with Crippen LogP contribution >= 0.6 is 11.6 Å². The van der Waals surface area contributed by atoms with Crippen molar-refractivity contribution in [2.45, 2.75) is 108 Å². The van der Waals surface area contributed by atoms with Gasteiger partial charge in [-0.3, -0.25) is 9.59 Å². The molecule has 4 fully saturated rings. The highest BCUT2D eigenvalue weighted by molar-refractivity contribution is 6.20. The zero-order valence-electron chi connectivity index (χ0n) is 23.2. The highest BCUT2D eigenvalue weighted by Crippen LogP contribution is 2.37. The van der Waals surface area contributed by atoms with E-state index in [1.165, 1.54) is 64.6 Å². The summed E-state index contributed by atoms with van der Waals surface area (Å²) in [6, 6.07) is 1.11. The van der Waals surface area contributed by atoms with Crippen LogP contribution < -0.4 is 10.6 Å². The second-order valence-electron chi connectivity index (χ2n) is 12.8. The molecule has 2 aliphatic heterocycles. The van der Waals surface area contributed by atoms with Gasteiger partial charge in [-0.25, -0.2) is 0 Å². The Labute approximate surface area is 224 Å². The lowest BCUT2D eigenvalue weighted by molar-refractivity contribution is -0.132. The van der Waals surface area contributed by atoms with Crippen molar-refractivity contribution in [2.75, 3.05) is 33.2 Å². The summed E-state index contributed by atoms with van der Waals surface area (Å²) in [6.45, 7) is 10.5. The number of nitrogens with one attached hydrogen (secondary N) is 2. The molecule has 6 nitrogen and oxygen atoms in total. The summed E-state index contributed by atoms with van der Waals surface area (Å²) in [5.74, 6) is 1.35. The number of piperidine rings is 2. The van der Waals surface area contributed by atoms with Crippen molar-refractivity contribution in [2.24, 2.45) is 29.6 Å². The first-order valence-electron chi connectivity index (χ1n) is 14.9. The quantitative estimate of drug-likeness (QED) is 0.490. The maximum atomic E-state index is 13.3. The fraction of sp³-hybridized carbons (Fsp3) is 0.931. The van der Waals surface area contributed by atoms with Crippen molar-refractivity contribution in [3.63, 3.8) is 0 Å². The van der Waals surface area contributed by atoms with E-state index in [0.717, 1.165) is 25.2 Å². The van der Waals surface area contributed by atoms with E-state index in [1.807, 2.05) is 6.92 Å². The van der Waals surface area contributed by atoms with E-state index in [0.29, 0.717) is 18.6 Å². The SMILES string of the molecule is CC1CC(C)C(CNC(=O)C2CC(Cl)CC(N(C)C3CCN(CC4CCCCC4)CC3)C2C)C(=O)N1. The van der Waals surface area contributed by atoms with Crippen LogP contribution in [0, 0.1) is 29.6 Å². The Hall–Kier alpha value is -0.850. The van der Waals surface area contributed by atoms with Crippen molar-refractivity contribution in [1.82, 2.24) is 20.4 Å². The number of alkyl halides is 1. The van der Waals surface area contributed by atoms with E-state index in [4.69, 9.17) is 11.6 Å². The molecule has 0 bridgehead atoms. The Balaban J connectivity index is 1.28. The molecule has 36 heavy (non-hydrogen) atoms. The number of carbonyl (C=O) groups is 2. The largest absolute Gasteiger partial charge is 0.355 e. The first kappa shape index (κ1) is 28.2. The van der Waals surface area contributed by atoms with Crippen LogP contribution in [-0.2, 0) is 9.59 Å². The lowest BCUT2D eigenvalue weighted by Gasteiger charge is -2.47. The molecular formula is C29H51ClN4O2. The van der Waals surface area contributed by atoms with Crippen LogP contribution in [0.5, 0.6) is 0 Å². The molecule has 0 aromatic heterocycles. The molecular weight excluding hydrogens is 472 g/mol. The van der Waals surface area contributed by atoms with Gasteiger partial charge in [-0.2, -0.15) is 0 Å². The summed E-state index contributed by atoms with van der Waals surface area (Å²) in [5, 5.41) is 6.21. The van der Waals surface area contributed by atoms with Crippen molar-refractivity contribution >= 4 is 23.4 Å². The van der Waals surface area contributed by atoms with Gasteiger partial charge in [0.25, 0.3) is 0 Å². The molecule has 2 aliphatic carbocycles. The molecule has 2 saturated carbocycles. The second-order valence-corrected chi connectivity index (χ2v) is 13.4. The standard InChI is InChI=1S/C29H51ClN4O2/c1-19-14-20(2)32-29(36)26(19)17-31-28(35)25-15-23(30)16-27(21(25)3)33(4)24-10-12-34(13-11-24)18-22-8-6-5-7-9-22/h19-27H,5-18H2,1-4H3,(H,31,35)(H,32,36). The molecule has 7 heteroatoms. The second kappa shape index (κ2) is 12.8. The lowest BCUT2D eigenvalue weighted by atomic mass is 9.74. The van der Waals surface area contributed by atoms with Gasteiger partial charge >= 0.3 is 0 Å². The first-order chi connectivity index (χ1) is 17.2. The van der Waals surface area contributed by atoms with Crippen LogP contribution in [0.15, 0.2) is 0 Å². The van der Waals surface area contributed by atoms with E-state index in [-0.39, 0.29) is 46.9 Å². The van der Waals surface area contributed by atoms with Gasteiger partial charge in [-0.05, 0) is 89.8 Å². The minimum atomic E-state index is -0.145. The van der Waals surface area contributed by atoms with Crippen molar-refractivity contribution in [3.8, 4) is 0 Å². The molecule has 2 amide bonds. The third-order valence-electron chi connectivity index (χ3n) is 10.1. The zero-order chi connectivity index (χ0) is 25.8. The van der Waals surface area contributed by atoms with Gasteiger partial charge in [0.2, 0.25) is 11.8 Å². The van der Waals surface area contributed by atoms with E-state index >= 15 is 0 Å². The Morgan fingerprint density at radius 1 is 1.06 bits per heavy atom. The number of hydrogen-bond acceptors (Lipinski definition) is 4. The maximum Gasteiger partial charge on any atom is 0.225 e. The van der Waals surface area contributed by atoms with Crippen LogP contribution in [-0.4, -0.2) is 78.3 Å². The van der Waals surface area contributed by atoms with Crippen LogP contribution in [0.2, 0.25) is 0 Å². The summed E-state index contributed by atoms with van der Waals surface area (Å²) >= 11 is 6.76. The van der Waals surface area contributed by atoms with Gasteiger partial charge in [-0.1, -0.05) is 33.1 Å². The molecule has 0 aromatic carbocycles. The molecule has 7 unspecified atom stereocenters. The van der Waals surface area contributed by atoms with E-state index in [1.54, 1.807) is 0 Å². The Bertz CT molecular complexity index is 737. The first-order valence-corrected chi connectivity index (χ1v) is 15.3. The fourth-order valence-corrected chi connectivity index (χ4v) is 8.13. The maximum absolute atomic E-state index is 13.3. The van der Waals surface area contributed by atoms with Gasteiger partial charge in [-0.15, -0.1) is 11.6 Å². The Morgan fingerprint density at radius 2 is 1.75 bits per heavy atom. The number of hydrogen-bond donors (Lipinski definition) is 2. The van der Waals surface area contributed by atoms with Gasteiger partial charge in [0.05, 0.1) is 5.92 Å². The summed E-state index contributed by atoms with van der Waals surface area (Å²) in [6.07, 6.45) is 12.2. The molecule has 2 heterocycles. The normalized spacial score (nSPS) is 37.6. The number of likely N-dealkylation sites (tertiary alicyclic amines) is 1. The van der Waals surface area contributed by atoms with Crippen LogP contribution in [0.1, 0.15) is 85.0 Å². The average molecular weight is 523 g/mol. The Kier molecular flexibility index (Phi) is 10.0. The fourth-order valence-electron chi connectivity index (χ4n) is 7.75. The van der Waals surface area contributed by atoms with Crippen molar-refractivity contribution < 1.29 is 9.59 Å². The number of rotatable bonds is 7. The van der Waals surface area contributed by atoms with E-state index in [9.17, 15) is 9.59 Å². The number of amides is 2. The predicted octanol–water partition coefficient (Wildman–Crippen LogP) is 4.26. The molecule has 4 aliphatic rings. The zero-order valence-corrected chi connectivity index (χ0v) is 23.9. The van der Waals surface area contributed by atoms with E-state index in [2.05, 4.69) is 41.3 Å². The Morgan fingerprint density at radius 3 is 2.42 bits per heavy atom. The molecule has 206 valence electrons. The third-order valence-corrected chi connectivity index (χ3v) is 10.5. The molecule has 2 N–H and O–H groups in total. The molecule has 4 rings (SSSR count). The smallest absolute Gasteiger partial charge is 0.225 e. The van der Waals surface area contributed by atoms with Crippen molar-refractivity contribution in [1.29, 1.82) is 0 Å². The van der Waals surface area contributed by atoms with Gasteiger partial charge < -0.3 is 20.4 Å². The summed E-state index contributed by atoms with van der Waals surface area (Å²) in [4.78, 5) is 31.1. The predicted molar refractivity (Wildman–Crippen MR) is 147 cm³/mol. The van der Waals surface area contributed by atoms with Crippen LogP contribution in [0.3, 0.4) is 0 Å². The minimum Gasteiger partial charge on any atom is -0.355 e. The highest BCUT2D eigenvalue weighted by atomic mass is 35.5. The summed E-state index contributed by atoms with van der Waals surface area (Å²) in [5.41, 5.74) is 0. The average Bonchev–Trinajstić information content (AvgIpc) is 2.85. The molecule has 0 aromatic rings. The van der Waals surface area contributed by atoms with Crippen molar-refractivity contribution in [3.05, 3.63) is 0 Å². The minimum absolute atomic E-state index is 0.0218. The number of nitrogens with zero attached hydrogens (tertiary/aromatic N) is 2. The van der Waals surface area contributed by atoms with Gasteiger partial charge in [0.15, 0.2) is 0 Å². The topological polar surface area (TPSA) is 64.7 Å². The molecule has 7 atom stereocenters. The number of halogens is 1.